The minimum absolute atomic E-state index is 0.417. The van der Waals surface area contributed by atoms with Crippen molar-refractivity contribution in [3.8, 4) is 0 Å². The highest BCUT2D eigenvalue weighted by Crippen LogP contribution is 2.55. The smallest absolute Gasteiger partial charge is 0.358 e. The third-order valence-electron chi connectivity index (χ3n) is 2.67. The molecule has 1 aromatic rings. The van der Waals surface area contributed by atoms with E-state index in [1.165, 1.54) is 0 Å². The van der Waals surface area contributed by atoms with E-state index in [1.807, 2.05) is 0 Å². The third kappa shape index (κ3) is 1.75. The van der Waals surface area contributed by atoms with E-state index in [4.69, 9.17) is 5.11 Å². The number of halogens is 4. The Bertz CT molecular complexity index is 459. The van der Waals surface area contributed by atoms with Crippen LogP contribution in [0.2, 0.25) is 0 Å². The standard InChI is InChI=1S/C8H7F4N3O2/c9-7(10)1-4(8(7,11)12)2-15-3-5(6(16)17)13-14-15/h3-4H,1-2H2,(H,16,17). The quantitative estimate of drug-likeness (QED) is 0.823. The molecule has 1 aliphatic carbocycles. The zero-order valence-corrected chi connectivity index (χ0v) is 8.28. The summed E-state index contributed by atoms with van der Waals surface area (Å²) in [6.07, 6.45) is -0.0167. The lowest BCUT2D eigenvalue weighted by Gasteiger charge is -2.43. The average Bonchev–Trinajstić information content (AvgIpc) is 2.65. The van der Waals surface area contributed by atoms with Gasteiger partial charge in [-0.3, -0.25) is 4.68 Å². The van der Waals surface area contributed by atoms with Gasteiger partial charge in [-0.1, -0.05) is 5.21 Å². The lowest BCUT2D eigenvalue weighted by Crippen LogP contribution is -2.59. The van der Waals surface area contributed by atoms with Gasteiger partial charge in [0, 0.05) is 6.42 Å². The highest BCUT2D eigenvalue weighted by Gasteiger charge is 2.71. The predicted molar refractivity (Wildman–Crippen MR) is 45.0 cm³/mol. The second-order valence-corrected chi connectivity index (χ2v) is 3.86. The van der Waals surface area contributed by atoms with Crippen LogP contribution in [0.5, 0.6) is 0 Å². The van der Waals surface area contributed by atoms with Crippen LogP contribution in [0.3, 0.4) is 0 Å². The number of hydrogen-bond donors (Lipinski definition) is 1. The van der Waals surface area contributed by atoms with Crippen LogP contribution in [-0.2, 0) is 6.54 Å². The van der Waals surface area contributed by atoms with E-state index in [2.05, 4.69) is 10.3 Å². The van der Waals surface area contributed by atoms with Crippen LogP contribution in [0.4, 0.5) is 17.6 Å². The molecule has 1 fully saturated rings. The van der Waals surface area contributed by atoms with Crippen molar-refractivity contribution in [2.75, 3.05) is 0 Å². The van der Waals surface area contributed by atoms with Gasteiger partial charge in [0.25, 0.3) is 0 Å². The first-order valence-corrected chi connectivity index (χ1v) is 4.63. The molecule has 17 heavy (non-hydrogen) atoms. The lowest BCUT2D eigenvalue weighted by molar-refractivity contribution is -0.316. The number of aromatic carboxylic acids is 1. The Labute approximate surface area is 92.0 Å². The Morgan fingerprint density at radius 3 is 2.59 bits per heavy atom. The molecule has 9 heteroatoms. The molecular weight excluding hydrogens is 246 g/mol. The zero-order chi connectivity index (χ0) is 12.8. The van der Waals surface area contributed by atoms with Crippen LogP contribution in [0.1, 0.15) is 16.9 Å². The van der Waals surface area contributed by atoms with Crippen LogP contribution < -0.4 is 0 Å². The number of carbonyl (C=O) groups is 1. The first-order valence-electron chi connectivity index (χ1n) is 4.63. The maximum Gasteiger partial charge on any atom is 0.358 e. The predicted octanol–water partition coefficient (Wildman–Crippen LogP) is 1.27. The summed E-state index contributed by atoms with van der Waals surface area (Å²) in [5, 5.41) is 15.0. The van der Waals surface area contributed by atoms with Crippen molar-refractivity contribution in [2.24, 2.45) is 5.92 Å². The highest BCUT2D eigenvalue weighted by molar-refractivity contribution is 5.84. The van der Waals surface area contributed by atoms with E-state index < -0.39 is 42.4 Å². The fourth-order valence-corrected chi connectivity index (χ4v) is 1.63. The molecule has 1 saturated carbocycles. The van der Waals surface area contributed by atoms with Gasteiger partial charge in [0.2, 0.25) is 0 Å². The molecule has 2 rings (SSSR count). The molecule has 0 radical (unpaired) electrons. The van der Waals surface area contributed by atoms with Crippen molar-refractivity contribution in [2.45, 2.75) is 24.8 Å². The van der Waals surface area contributed by atoms with Crippen molar-refractivity contribution in [1.29, 1.82) is 0 Å². The Balaban J connectivity index is 2.06. The van der Waals surface area contributed by atoms with Crippen molar-refractivity contribution >= 4 is 5.97 Å². The third-order valence-corrected chi connectivity index (χ3v) is 2.67. The minimum atomic E-state index is -4.08. The van der Waals surface area contributed by atoms with Gasteiger partial charge in [0.1, 0.15) is 0 Å². The number of aromatic nitrogens is 3. The molecule has 0 bridgehead atoms. The monoisotopic (exact) mass is 253 g/mol. The van der Waals surface area contributed by atoms with Gasteiger partial charge in [-0.05, 0) is 0 Å². The van der Waals surface area contributed by atoms with Gasteiger partial charge in [-0.25, -0.2) is 4.79 Å². The molecule has 1 atom stereocenters. The molecule has 0 aromatic carbocycles. The average molecular weight is 253 g/mol. The first-order chi connectivity index (χ1) is 7.74. The summed E-state index contributed by atoms with van der Waals surface area (Å²) in [5.74, 6) is -11.0. The summed E-state index contributed by atoms with van der Waals surface area (Å²) in [6, 6.07) is 0. The molecule has 1 aliphatic rings. The number of carboxylic acids is 1. The zero-order valence-electron chi connectivity index (χ0n) is 8.28. The molecule has 0 aliphatic heterocycles. The summed E-state index contributed by atoms with van der Waals surface area (Å²) < 4.78 is 51.7. The Hall–Kier alpha value is -1.67. The van der Waals surface area contributed by atoms with E-state index in [-0.39, 0.29) is 0 Å². The van der Waals surface area contributed by atoms with Crippen LogP contribution in [0.15, 0.2) is 6.20 Å². The molecule has 1 unspecified atom stereocenters. The Morgan fingerprint density at radius 2 is 2.18 bits per heavy atom. The minimum Gasteiger partial charge on any atom is -0.476 e. The van der Waals surface area contributed by atoms with Gasteiger partial charge in [0.15, 0.2) is 5.69 Å². The molecule has 5 nitrogen and oxygen atoms in total. The second-order valence-electron chi connectivity index (χ2n) is 3.86. The topological polar surface area (TPSA) is 68.0 Å². The van der Waals surface area contributed by atoms with Crippen molar-refractivity contribution in [3.63, 3.8) is 0 Å². The van der Waals surface area contributed by atoms with Gasteiger partial charge < -0.3 is 5.11 Å². The summed E-state index contributed by atoms with van der Waals surface area (Å²) in [6.45, 7) is -0.483. The molecule has 1 aromatic heterocycles. The van der Waals surface area contributed by atoms with E-state index in [1.54, 1.807) is 0 Å². The first kappa shape index (κ1) is 11.8. The van der Waals surface area contributed by atoms with E-state index in [0.29, 0.717) is 0 Å². The molecule has 1 heterocycles. The Kier molecular flexibility index (Phi) is 2.37. The molecule has 0 amide bonds. The van der Waals surface area contributed by atoms with Crippen molar-refractivity contribution in [1.82, 2.24) is 15.0 Å². The van der Waals surface area contributed by atoms with Crippen LogP contribution in [0, 0.1) is 5.92 Å². The fourth-order valence-electron chi connectivity index (χ4n) is 1.63. The van der Waals surface area contributed by atoms with Crippen molar-refractivity contribution < 1.29 is 27.5 Å². The number of hydrogen-bond acceptors (Lipinski definition) is 3. The summed E-state index contributed by atoms with van der Waals surface area (Å²) >= 11 is 0. The fraction of sp³-hybridized carbons (Fsp3) is 0.625. The summed E-state index contributed by atoms with van der Waals surface area (Å²) in [5.41, 5.74) is -0.417. The second kappa shape index (κ2) is 3.41. The number of carboxylic acid groups (broad SMARTS) is 1. The highest BCUT2D eigenvalue weighted by atomic mass is 19.3. The van der Waals surface area contributed by atoms with Crippen LogP contribution >= 0.6 is 0 Å². The van der Waals surface area contributed by atoms with Crippen molar-refractivity contribution in [3.05, 3.63) is 11.9 Å². The maximum absolute atomic E-state index is 12.9. The molecule has 0 spiro atoms. The largest absolute Gasteiger partial charge is 0.476 e. The number of nitrogens with zero attached hydrogens (tertiary/aromatic N) is 3. The lowest BCUT2D eigenvalue weighted by atomic mass is 9.77. The summed E-state index contributed by atoms with van der Waals surface area (Å²) in [4.78, 5) is 10.4. The molecule has 94 valence electrons. The molecule has 1 N–H and O–H groups in total. The van der Waals surface area contributed by atoms with Gasteiger partial charge >= 0.3 is 17.8 Å². The molecular formula is C8H7F4N3O2. The van der Waals surface area contributed by atoms with Crippen LogP contribution in [-0.4, -0.2) is 37.9 Å². The van der Waals surface area contributed by atoms with Gasteiger partial charge in [-0.2, -0.15) is 17.6 Å². The van der Waals surface area contributed by atoms with E-state index >= 15 is 0 Å². The van der Waals surface area contributed by atoms with E-state index in [0.717, 1.165) is 10.9 Å². The van der Waals surface area contributed by atoms with Crippen LogP contribution in [0.25, 0.3) is 0 Å². The number of rotatable bonds is 3. The normalized spacial score (nSPS) is 25.3. The summed E-state index contributed by atoms with van der Waals surface area (Å²) in [7, 11) is 0. The Morgan fingerprint density at radius 1 is 1.53 bits per heavy atom. The maximum atomic E-state index is 12.9. The number of alkyl halides is 4. The SMILES string of the molecule is O=C(O)c1cn(CC2CC(F)(F)C2(F)F)nn1. The molecule has 0 saturated heterocycles. The van der Waals surface area contributed by atoms with E-state index in [9.17, 15) is 22.4 Å². The van der Waals surface area contributed by atoms with Gasteiger partial charge in [-0.15, -0.1) is 5.10 Å². The van der Waals surface area contributed by atoms with Gasteiger partial charge in [0.05, 0.1) is 18.7 Å².